The zero-order valence-electron chi connectivity index (χ0n) is 17.9. The Morgan fingerprint density at radius 2 is 1.47 bits per heavy atom. The second-order valence-corrected chi connectivity index (χ2v) is 9.01. The smallest absolute Gasteiger partial charge is 0.237 e. The lowest BCUT2D eigenvalue weighted by atomic mass is 9.80. The number of hydrogen-bond donors (Lipinski definition) is 0. The highest BCUT2D eigenvalue weighted by molar-refractivity contribution is 6.16. The van der Waals surface area contributed by atoms with Gasteiger partial charge in [0.2, 0.25) is 5.95 Å². The van der Waals surface area contributed by atoms with Crippen LogP contribution >= 0.6 is 0 Å². The molecule has 0 saturated heterocycles. The van der Waals surface area contributed by atoms with Crippen LogP contribution in [0.25, 0.3) is 49.7 Å². The third-order valence-electron chi connectivity index (χ3n) is 7.01. The van der Waals surface area contributed by atoms with Crippen LogP contribution in [0, 0.1) is 0 Å². The normalized spacial score (nSPS) is 14.2. The monoisotopic (exact) mass is 412 g/mol. The number of fused-ring (bicyclic) bond motifs is 9. The van der Waals surface area contributed by atoms with E-state index in [-0.39, 0.29) is 5.41 Å². The summed E-state index contributed by atoms with van der Waals surface area (Å²) in [5, 5.41) is 5.03. The fourth-order valence-corrected chi connectivity index (χ4v) is 5.70. The summed E-state index contributed by atoms with van der Waals surface area (Å²) in [6, 6.07) is 26.3. The second-order valence-electron chi connectivity index (χ2n) is 9.01. The summed E-state index contributed by atoms with van der Waals surface area (Å²) in [6.07, 6.45) is 3.13. The molecule has 0 N–H and O–H groups in total. The number of benzene rings is 4. The minimum atomic E-state index is -0.111. The van der Waals surface area contributed by atoms with E-state index in [9.17, 15) is 0 Å². The Balaban J connectivity index is 1.73. The highest BCUT2D eigenvalue weighted by atomic mass is 15.2. The number of nitrogens with zero attached hydrogens (tertiary/aromatic N) is 4. The molecular weight excluding hydrogens is 392 g/mol. The topological polar surface area (TPSA) is 43.6 Å². The van der Waals surface area contributed by atoms with Gasteiger partial charge in [-0.15, -0.1) is 0 Å². The molecule has 1 aliphatic carbocycles. The first-order valence-electron chi connectivity index (χ1n) is 10.9. The van der Waals surface area contributed by atoms with Crippen molar-refractivity contribution in [2.75, 3.05) is 0 Å². The summed E-state index contributed by atoms with van der Waals surface area (Å²) in [7, 11) is 0. The fourth-order valence-electron chi connectivity index (χ4n) is 5.70. The molecule has 0 atom stereocenters. The number of aromatic nitrogens is 4. The van der Waals surface area contributed by atoms with Gasteiger partial charge < -0.3 is 0 Å². The lowest BCUT2D eigenvalue weighted by molar-refractivity contribution is 0.666. The lowest BCUT2D eigenvalue weighted by Gasteiger charge is -2.23. The van der Waals surface area contributed by atoms with Gasteiger partial charge in [0.05, 0.1) is 11.0 Å². The molecule has 2 aromatic heterocycles. The van der Waals surface area contributed by atoms with Crippen LogP contribution in [0.4, 0.5) is 0 Å². The maximum absolute atomic E-state index is 4.53. The van der Waals surface area contributed by atoms with Gasteiger partial charge in [-0.1, -0.05) is 80.6 Å². The molecule has 4 aromatic carbocycles. The first kappa shape index (κ1) is 17.6. The van der Waals surface area contributed by atoms with Crippen molar-refractivity contribution in [3.05, 3.63) is 96.6 Å². The molecule has 0 bridgehead atoms. The van der Waals surface area contributed by atoms with Crippen molar-refractivity contribution in [3.63, 3.8) is 0 Å². The van der Waals surface area contributed by atoms with Gasteiger partial charge in [-0.3, -0.25) is 4.57 Å². The van der Waals surface area contributed by atoms with Gasteiger partial charge >= 0.3 is 0 Å². The zero-order valence-corrected chi connectivity index (χ0v) is 17.9. The summed E-state index contributed by atoms with van der Waals surface area (Å²) in [6.45, 7) is 4.68. The number of para-hydroxylation sites is 1. The molecule has 6 aromatic rings. The average molecular weight is 412 g/mol. The van der Waals surface area contributed by atoms with Crippen molar-refractivity contribution in [1.29, 1.82) is 0 Å². The maximum atomic E-state index is 4.53. The van der Waals surface area contributed by atoms with Crippen LogP contribution in [-0.2, 0) is 5.41 Å². The largest absolute Gasteiger partial charge is 0.277 e. The van der Waals surface area contributed by atoms with Crippen LogP contribution in [0.2, 0.25) is 0 Å². The van der Waals surface area contributed by atoms with Crippen LogP contribution in [0.5, 0.6) is 0 Å². The van der Waals surface area contributed by atoms with E-state index in [0.717, 1.165) is 11.0 Å². The van der Waals surface area contributed by atoms with Crippen molar-refractivity contribution < 1.29 is 0 Å². The Bertz CT molecular complexity index is 1690. The molecule has 4 nitrogen and oxygen atoms in total. The summed E-state index contributed by atoms with van der Waals surface area (Å²) < 4.78 is 2.20. The quantitative estimate of drug-likeness (QED) is 0.313. The molecule has 7 rings (SSSR count). The predicted molar refractivity (Wildman–Crippen MR) is 129 cm³/mol. The standard InChI is InChI=1S/C28H20N4/c1-28(2)22-14-13-20-19-9-5-6-10-23(19)32(27-30-15-29-16-31-27)26(20)24(22)21-12-11-17-7-3-4-8-18(17)25(21)28/h3-16H,1-2H3. The molecule has 1 aliphatic rings. The van der Waals surface area contributed by atoms with Crippen LogP contribution in [-0.4, -0.2) is 19.5 Å². The van der Waals surface area contributed by atoms with E-state index in [1.165, 1.54) is 43.8 Å². The maximum Gasteiger partial charge on any atom is 0.237 e. The third kappa shape index (κ3) is 2.09. The van der Waals surface area contributed by atoms with E-state index in [2.05, 4.69) is 106 Å². The van der Waals surface area contributed by atoms with E-state index in [1.54, 1.807) is 12.7 Å². The molecule has 2 heterocycles. The Morgan fingerprint density at radius 1 is 0.719 bits per heavy atom. The predicted octanol–water partition coefficient (Wildman–Crippen LogP) is 6.43. The molecule has 0 aliphatic heterocycles. The summed E-state index contributed by atoms with van der Waals surface area (Å²) in [5.41, 5.74) is 7.48. The van der Waals surface area contributed by atoms with Gasteiger partial charge in [0.1, 0.15) is 12.7 Å². The molecular formula is C28H20N4. The zero-order chi connectivity index (χ0) is 21.4. The van der Waals surface area contributed by atoms with Crippen LogP contribution in [0.1, 0.15) is 25.0 Å². The summed E-state index contributed by atoms with van der Waals surface area (Å²) >= 11 is 0. The third-order valence-corrected chi connectivity index (χ3v) is 7.01. The van der Waals surface area contributed by atoms with Crippen molar-refractivity contribution in [1.82, 2.24) is 19.5 Å². The molecule has 32 heavy (non-hydrogen) atoms. The molecule has 0 radical (unpaired) electrons. The van der Waals surface area contributed by atoms with Gasteiger partial charge in [-0.2, -0.15) is 0 Å². The van der Waals surface area contributed by atoms with Gasteiger partial charge in [-0.25, -0.2) is 15.0 Å². The molecule has 0 spiro atoms. The molecule has 0 unspecified atom stereocenters. The Hall–Kier alpha value is -4.05. The van der Waals surface area contributed by atoms with E-state index in [1.807, 2.05) is 0 Å². The summed E-state index contributed by atoms with van der Waals surface area (Å²) in [4.78, 5) is 13.1. The van der Waals surface area contributed by atoms with Gasteiger partial charge in [0.15, 0.2) is 0 Å². The van der Waals surface area contributed by atoms with Crippen molar-refractivity contribution in [2.24, 2.45) is 0 Å². The van der Waals surface area contributed by atoms with Crippen LogP contribution < -0.4 is 0 Å². The Labute approximate surface area is 185 Å². The van der Waals surface area contributed by atoms with Crippen LogP contribution in [0.15, 0.2) is 85.5 Å². The SMILES string of the molecule is CC1(C)c2ccc3c4ccccc4n(-c4ncncn4)c3c2-c2ccc3ccccc3c21. The Morgan fingerprint density at radius 3 is 2.31 bits per heavy atom. The lowest BCUT2D eigenvalue weighted by Crippen LogP contribution is -2.15. The first-order valence-corrected chi connectivity index (χ1v) is 10.9. The summed E-state index contributed by atoms with van der Waals surface area (Å²) in [5.74, 6) is 0.645. The first-order chi connectivity index (χ1) is 15.7. The van der Waals surface area contributed by atoms with Crippen molar-refractivity contribution in [3.8, 4) is 17.1 Å². The molecule has 0 fully saturated rings. The van der Waals surface area contributed by atoms with Gasteiger partial charge in [-0.05, 0) is 33.5 Å². The fraction of sp³-hybridized carbons (Fsp3) is 0.107. The highest BCUT2D eigenvalue weighted by Crippen LogP contribution is 2.54. The second kappa shape index (κ2) is 6.01. The van der Waals surface area contributed by atoms with Crippen LogP contribution in [0.3, 0.4) is 0 Å². The van der Waals surface area contributed by atoms with E-state index in [4.69, 9.17) is 0 Å². The van der Waals surface area contributed by atoms with Gasteiger partial charge in [0.25, 0.3) is 0 Å². The van der Waals surface area contributed by atoms with Crippen molar-refractivity contribution in [2.45, 2.75) is 19.3 Å². The van der Waals surface area contributed by atoms with E-state index < -0.39 is 0 Å². The van der Waals surface area contributed by atoms with E-state index in [0.29, 0.717) is 5.95 Å². The van der Waals surface area contributed by atoms with Crippen molar-refractivity contribution >= 4 is 32.6 Å². The van der Waals surface area contributed by atoms with Gasteiger partial charge in [0, 0.05) is 21.8 Å². The number of hydrogen-bond acceptors (Lipinski definition) is 3. The van der Waals surface area contributed by atoms with E-state index >= 15 is 0 Å². The molecule has 0 amide bonds. The average Bonchev–Trinajstić information content (AvgIpc) is 3.29. The highest BCUT2D eigenvalue weighted by Gasteiger charge is 2.39. The minimum Gasteiger partial charge on any atom is -0.277 e. The molecule has 0 saturated carbocycles. The Kier molecular flexibility index (Phi) is 3.31. The number of rotatable bonds is 1. The molecule has 152 valence electrons. The minimum absolute atomic E-state index is 0.111. The molecule has 4 heteroatoms.